The molecule has 4 fully saturated rings. The van der Waals surface area contributed by atoms with E-state index >= 15 is 0 Å². The number of piperidine rings is 2. The molecule has 1 aliphatic carbocycles. The third kappa shape index (κ3) is 6.94. The molecule has 3 aromatic carbocycles. The zero-order valence-electron chi connectivity index (χ0n) is 32.8. The average Bonchev–Trinajstić information content (AvgIpc) is 3.74. The highest BCUT2D eigenvalue weighted by Gasteiger charge is 2.47. The third-order valence-electron chi connectivity index (χ3n) is 13.1. The van der Waals surface area contributed by atoms with Gasteiger partial charge in [-0.25, -0.2) is 0 Å². The van der Waals surface area contributed by atoms with Crippen molar-refractivity contribution in [3.63, 3.8) is 0 Å². The Morgan fingerprint density at radius 1 is 0.833 bits per heavy atom. The molecule has 310 valence electrons. The highest BCUT2D eigenvalue weighted by Crippen LogP contribution is 2.44. The van der Waals surface area contributed by atoms with Crippen LogP contribution in [0.3, 0.4) is 0 Å². The topological polar surface area (TPSA) is 151 Å². The number of amides is 5. The first-order chi connectivity index (χ1) is 28.8. The first-order valence-corrected chi connectivity index (χ1v) is 20.5. The molecule has 0 spiro atoms. The van der Waals surface area contributed by atoms with Gasteiger partial charge in [0.25, 0.3) is 17.7 Å². The SMILES string of the molecule is N#Cc1ccc(NC(=O)C2(n3ccc4cc(N5CCC(CN6CCN(c7ccc8c(c7)C(=O)N(C7CCC(=O)NC7=O)C8=O)CC6)CC5)ccc43)CCC2)cc1C(F)(F)F. The molecule has 13 nitrogen and oxygen atoms in total. The minimum absolute atomic E-state index is 0.00170. The number of carbonyl (C=O) groups excluding carboxylic acids is 5. The van der Waals surface area contributed by atoms with E-state index in [9.17, 15) is 37.1 Å². The van der Waals surface area contributed by atoms with E-state index in [1.54, 1.807) is 18.2 Å². The number of fused-ring (bicyclic) bond motifs is 2. The van der Waals surface area contributed by atoms with E-state index in [1.165, 1.54) is 6.07 Å². The van der Waals surface area contributed by atoms with E-state index < -0.39 is 52.5 Å². The summed E-state index contributed by atoms with van der Waals surface area (Å²) in [6.07, 6.45) is 1.36. The summed E-state index contributed by atoms with van der Waals surface area (Å²) in [4.78, 5) is 72.4. The van der Waals surface area contributed by atoms with Gasteiger partial charge in [-0.2, -0.15) is 18.4 Å². The quantitative estimate of drug-likeness (QED) is 0.220. The maximum atomic E-state index is 13.7. The maximum absolute atomic E-state index is 13.7. The molecule has 5 amide bonds. The van der Waals surface area contributed by atoms with Crippen LogP contribution in [-0.4, -0.2) is 95.8 Å². The molecule has 4 aliphatic heterocycles. The summed E-state index contributed by atoms with van der Waals surface area (Å²) in [6, 6.07) is 17.3. The number of aromatic nitrogens is 1. The number of nitrogens with zero attached hydrogens (tertiary/aromatic N) is 6. The van der Waals surface area contributed by atoms with Crippen LogP contribution in [0.1, 0.15) is 76.8 Å². The van der Waals surface area contributed by atoms with Gasteiger partial charge in [-0.3, -0.25) is 39.1 Å². The van der Waals surface area contributed by atoms with Crippen molar-refractivity contribution in [1.82, 2.24) is 19.7 Å². The zero-order chi connectivity index (χ0) is 41.9. The maximum Gasteiger partial charge on any atom is 0.417 e. The van der Waals surface area contributed by atoms with E-state index in [0.717, 1.165) is 104 Å². The molecule has 16 heteroatoms. The average molecular weight is 821 g/mol. The fraction of sp³-hybridized carbons (Fsp3) is 0.409. The lowest BCUT2D eigenvalue weighted by Crippen LogP contribution is -2.54. The van der Waals surface area contributed by atoms with Gasteiger partial charge < -0.3 is 19.7 Å². The minimum atomic E-state index is -4.73. The molecule has 1 saturated carbocycles. The predicted octanol–water partition coefficient (Wildman–Crippen LogP) is 5.49. The van der Waals surface area contributed by atoms with Gasteiger partial charge in [-0.1, -0.05) is 0 Å². The van der Waals surface area contributed by atoms with E-state index in [-0.39, 0.29) is 35.6 Å². The fourth-order valence-electron chi connectivity index (χ4n) is 9.57. The van der Waals surface area contributed by atoms with Crippen molar-refractivity contribution in [2.75, 3.05) is 60.9 Å². The number of rotatable bonds is 8. The standard InChI is InChI=1S/C44H43F3N8O5/c45-44(46,47)35-23-30(3-2-29(35)25-48)49-42(60)43(13-1-14-43)54-17-12-28-22-31(5-7-36(28)54)52-15-10-27(11-16-52)26-51-18-20-53(21-19-51)32-4-6-33-34(24-32)41(59)55(40(33)58)37-8-9-38(56)50-39(37)57/h2-7,12,17,22-24,27,37H,1,8-11,13-16,18-21,26H2,(H,49,60)(H,50,56,57). The van der Waals surface area contributed by atoms with E-state index in [4.69, 9.17) is 5.26 Å². The van der Waals surface area contributed by atoms with Crippen molar-refractivity contribution in [3.8, 4) is 6.07 Å². The molecule has 0 radical (unpaired) electrons. The number of carbonyl (C=O) groups is 5. The molecule has 60 heavy (non-hydrogen) atoms. The van der Waals surface area contributed by atoms with E-state index in [2.05, 4.69) is 37.5 Å². The van der Waals surface area contributed by atoms with Gasteiger partial charge in [0.1, 0.15) is 11.6 Å². The molecular formula is C44H43F3N8O5. The van der Waals surface area contributed by atoms with Crippen molar-refractivity contribution >= 4 is 57.5 Å². The predicted molar refractivity (Wildman–Crippen MR) is 215 cm³/mol. The second kappa shape index (κ2) is 15.1. The van der Waals surface area contributed by atoms with Crippen LogP contribution in [0.5, 0.6) is 0 Å². The number of halogens is 3. The highest BCUT2D eigenvalue weighted by atomic mass is 19.4. The summed E-state index contributed by atoms with van der Waals surface area (Å²) < 4.78 is 42.8. The van der Waals surface area contributed by atoms with Crippen LogP contribution in [0.2, 0.25) is 0 Å². The molecule has 0 bridgehead atoms. The molecule has 9 rings (SSSR count). The van der Waals surface area contributed by atoms with E-state index in [1.807, 2.05) is 29.0 Å². The van der Waals surface area contributed by atoms with Crippen molar-refractivity contribution < 1.29 is 37.1 Å². The molecule has 3 saturated heterocycles. The van der Waals surface area contributed by atoms with Crippen molar-refractivity contribution in [3.05, 3.63) is 89.1 Å². The van der Waals surface area contributed by atoms with Crippen LogP contribution in [0.4, 0.5) is 30.2 Å². The van der Waals surface area contributed by atoms with Gasteiger partial charge >= 0.3 is 6.18 Å². The largest absolute Gasteiger partial charge is 0.417 e. The van der Waals surface area contributed by atoms with Crippen LogP contribution < -0.4 is 20.4 Å². The summed E-state index contributed by atoms with van der Waals surface area (Å²) in [5, 5.41) is 15.1. The third-order valence-corrected chi connectivity index (χ3v) is 13.1. The molecular weight excluding hydrogens is 778 g/mol. The number of nitrogens with one attached hydrogen (secondary N) is 2. The van der Waals surface area contributed by atoms with Crippen molar-refractivity contribution in [1.29, 1.82) is 5.26 Å². The molecule has 1 aromatic heterocycles. The number of imide groups is 2. The van der Waals surface area contributed by atoms with Gasteiger partial charge in [0, 0.05) is 86.4 Å². The molecule has 5 aliphatic rings. The van der Waals surface area contributed by atoms with Crippen LogP contribution in [-0.2, 0) is 26.1 Å². The van der Waals surface area contributed by atoms with Crippen LogP contribution in [0.15, 0.2) is 66.9 Å². The van der Waals surface area contributed by atoms with Gasteiger partial charge in [-0.15, -0.1) is 0 Å². The number of hydrogen-bond acceptors (Lipinski definition) is 9. The van der Waals surface area contributed by atoms with Crippen molar-refractivity contribution in [2.24, 2.45) is 5.92 Å². The summed E-state index contributed by atoms with van der Waals surface area (Å²) >= 11 is 0. The Hall–Kier alpha value is -6.21. The van der Waals surface area contributed by atoms with Crippen molar-refractivity contribution in [2.45, 2.75) is 62.7 Å². The fourth-order valence-corrected chi connectivity index (χ4v) is 9.57. The number of hydrogen-bond donors (Lipinski definition) is 2. The number of nitriles is 1. The van der Waals surface area contributed by atoms with E-state index in [0.29, 0.717) is 18.8 Å². The second-order valence-electron chi connectivity index (χ2n) is 16.5. The Morgan fingerprint density at radius 3 is 2.22 bits per heavy atom. The number of alkyl halides is 3. The summed E-state index contributed by atoms with van der Waals surface area (Å²) in [5.41, 5.74) is 0.896. The Labute approximate surface area is 343 Å². The molecule has 2 N–H and O–H groups in total. The first-order valence-electron chi connectivity index (χ1n) is 20.5. The summed E-state index contributed by atoms with van der Waals surface area (Å²) in [7, 11) is 0. The minimum Gasteiger partial charge on any atom is -0.371 e. The molecule has 1 atom stereocenters. The molecule has 1 unspecified atom stereocenters. The Morgan fingerprint density at radius 2 is 1.53 bits per heavy atom. The molecule has 4 aromatic rings. The normalized spacial score (nSPS) is 21.2. The smallest absolute Gasteiger partial charge is 0.371 e. The van der Waals surface area contributed by atoms with Crippen LogP contribution >= 0.6 is 0 Å². The van der Waals surface area contributed by atoms with Gasteiger partial charge in [0.2, 0.25) is 11.8 Å². The summed E-state index contributed by atoms with van der Waals surface area (Å²) in [6.45, 7) is 6.08. The van der Waals surface area contributed by atoms with Crippen LogP contribution in [0, 0.1) is 17.2 Å². The van der Waals surface area contributed by atoms with Gasteiger partial charge in [0.05, 0.1) is 28.3 Å². The highest BCUT2D eigenvalue weighted by molar-refractivity contribution is 6.23. The lowest BCUT2D eigenvalue weighted by atomic mass is 9.75. The summed E-state index contributed by atoms with van der Waals surface area (Å²) in [5.74, 6) is -1.88. The zero-order valence-corrected chi connectivity index (χ0v) is 32.8. The Balaban J connectivity index is 0.784. The van der Waals surface area contributed by atoms with Crippen LogP contribution in [0.25, 0.3) is 10.9 Å². The number of benzene rings is 3. The first kappa shape index (κ1) is 39.3. The monoisotopic (exact) mass is 820 g/mol. The van der Waals surface area contributed by atoms with Gasteiger partial charge in [-0.05, 0) is 105 Å². The Bertz CT molecular complexity index is 2470. The number of piperazine rings is 1. The lowest BCUT2D eigenvalue weighted by Gasteiger charge is -2.42. The lowest BCUT2D eigenvalue weighted by molar-refractivity contribution is -0.138. The molecule has 5 heterocycles. The Kier molecular flexibility index (Phi) is 9.89. The van der Waals surface area contributed by atoms with Gasteiger partial charge in [0.15, 0.2) is 0 Å². The number of anilines is 3. The second-order valence-corrected chi connectivity index (χ2v) is 16.5.